The molecule has 1 aliphatic rings. The highest BCUT2D eigenvalue weighted by Crippen LogP contribution is 2.43. The lowest BCUT2D eigenvalue weighted by atomic mass is 10.1. The molecular weight excluding hydrogens is 370 g/mol. The van der Waals surface area contributed by atoms with Gasteiger partial charge in [-0.15, -0.1) is 11.8 Å². The van der Waals surface area contributed by atoms with Crippen LogP contribution < -0.4 is 10.2 Å². The molecule has 28 heavy (non-hydrogen) atoms. The Balaban J connectivity index is 1.85. The number of rotatable bonds is 7. The number of thioether (sulfide) groups is 1. The van der Waals surface area contributed by atoms with Gasteiger partial charge in [-0.05, 0) is 31.2 Å². The smallest absolute Gasteiger partial charge is 0.241 e. The van der Waals surface area contributed by atoms with Crippen molar-refractivity contribution in [1.29, 1.82) is 0 Å². The van der Waals surface area contributed by atoms with Crippen LogP contribution in [0.4, 0.5) is 5.69 Å². The number of hydrogen-bond acceptors (Lipinski definition) is 4. The van der Waals surface area contributed by atoms with E-state index < -0.39 is 0 Å². The molecule has 2 amide bonds. The zero-order valence-corrected chi connectivity index (χ0v) is 17.2. The first kappa shape index (κ1) is 20.4. The molecule has 0 spiro atoms. The summed E-state index contributed by atoms with van der Waals surface area (Å²) < 4.78 is 0. The van der Waals surface area contributed by atoms with Crippen LogP contribution >= 0.6 is 11.8 Å². The molecule has 0 fully saturated rings. The van der Waals surface area contributed by atoms with Gasteiger partial charge >= 0.3 is 0 Å². The maximum absolute atomic E-state index is 13.4. The second-order valence-corrected chi connectivity index (χ2v) is 7.79. The maximum atomic E-state index is 13.4. The Kier molecular flexibility index (Phi) is 7.12. The molecule has 1 N–H and O–H groups in total. The van der Waals surface area contributed by atoms with Crippen LogP contribution in [0.1, 0.15) is 25.5 Å². The van der Waals surface area contributed by atoms with Crippen LogP contribution in [0.3, 0.4) is 0 Å². The second-order valence-electron chi connectivity index (χ2n) is 6.73. The van der Waals surface area contributed by atoms with Crippen LogP contribution in [0.5, 0.6) is 0 Å². The van der Waals surface area contributed by atoms with Crippen molar-refractivity contribution in [3.63, 3.8) is 0 Å². The Morgan fingerprint density at radius 1 is 1.07 bits per heavy atom. The molecule has 2 aromatic carbocycles. The normalized spacial score (nSPS) is 16.0. The van der Waals surface area contributed by atoms with Crippen LogP contribution in [-0.4, -0.2) is 48.6 Å². The van der Waals surface area contributed by atoms with Crippen LogP contribution in [0.15, 0.2) is 59.5 Å². The topological polar surface area (TPSA) is 52.7 Å². The van der Waals surface area contributed by atoms with Crippen molar-refractivity contribution >= 4 is 29.3 Å². The molecule has 5 nitrogen and oxygen atoms in total. The van der Waals surface area contributed by atoms with Gasteiger partial charge in [-0.2, -0.15) is 0 Å². The molecule has 0 saturated carbocycles. The van der Waals surface area contributed by atoms with E-state index in [-0.39, 0.29) is 30.9 Å². The number of fused-ring (bicyclic) bond motifs is 1. The van der Waals surface area contributed by atoms with Gasteiger partial charge in [-0.1, -0.05) is 49.4 Å². The number of carbonyl (C=O) groups excluding carboxylic acids is 2. The van der Waals surface area contributed by atoms with E-state index in [2.05, 4.69) is 23.5 Å². The minimum atomic E-state index is -0.0497. The molecule has 0 aromatic heterocycles. The van der Waals surface area contributed by atoms with Crippen molar-refractivity contribution in [1.82, 2.24) is 10.2 Å². The Hall–Kier alpha value is -2.31. The molecule has 0 unspecified atom stereocenters. The van der Waals surface area contributed by atoms with Crippen molar-refractivity contribution in [2.24, 2.45) is 0 Å². The molecule has 0 bridgehead atoms. The van der Waals surface area contributed by atoms with E-state index in [9.17, 15) is 9.59 Å². The summed E-state index contributed by atoms with van der Waals surface area (Å²) in [6, 6.07) is 18.2. The van der Waals surface area contributed by atoms with E-state index in [4.69, 9.17) is 0 Å². The summed E-state index contributed by atoms with van der Waals surface area (Å²) in [7, 11) is 0. The molecule has 0 aliphatic carbocycles. The lowest BCUT2D eigenvalue weighted by Crippen LogP contribution is -2.46. The molecule has 1 heterocycles. The Labute approximate surface area is 171 Å². The third-order valence-corrected chi connectivity index (χ3v) is 5.97. The average Bonchev–Trinajstić information content (AvgIpc) is 2.73. The Morgan fingerprint density at radius 3 is 2.50 bits per heavy atom. The number of hydrogen-bond donors (Lipinski definition) is 1. The van der Waals surface area contributed by atoms with E-state index in [0.717, 1.165) is 21.9 Å². The predicted molar refractivity (Wildman–Crippen MR) is 115 cm³/mol. The maximum Gasteiger partial charge on any atom is 0.241 e. The number of nitrogens with zero attached hydrogens (tertiary/aromatic N) is 2. The lowest BCUT2D eigenvalue weighted by molar-refractivity contribution is -0.124. The van der Waals surface area contributed by atoms with Gasteiger partial charge in [0.2, 0.25) is 11.8 Å². The molecule has 0 radical (unpaired) electrons. The van der Waals surface area contributed by atoms with Gasteiger partial charge < -0.3 is 10.2 Å². The monoisotopic (exact) mass is 397 g/mol. The van der Waals surface area contributed by atoms with Crippen LogP contribution in [0.25, 0.3) is 0 Å². The van der Waals surface area contributed by atoms with Crippen molar-refractivity contribution in [3.8, 4) is 0 Å². The minimum Gasteiger partial charge on any atom is -0.355 e. The number of benzene rings is 2. The summed E-state index contributed by atoms with van der Waals surface area (Å²) in [6.45, 7) is 5.56. The second kappa shape index (κ2) is 9.75. The largest absolute Gasteiger partial charge is 0.355 e. The number of anilines is 1. The molecule has 1 atom stereocenters. The average molecular weight is 398 g/mol. The summed E-state index contributed by atoms with van der Waals surface area (Å²) in [5.74, 6) is 0.786. The highest BCUT2D eigenvalue weighted by Gasteiger charge is 2.33. The summed E-state index contributed by atoms with van der Waals surface area (Å²) in [6.07, 6.45) is 0. The van der Waals surface area contributed by atoms with E-state index in [0.29, 0.717) is 13.1 Å². The minimum absolute atomic E-state index is 0.0169. The molecule has 2 aromatic rings. The highest BCUT2D eigenvalue weighted by atomic mass is 32.2. The molecule has 6 heteroatoms. The lowest BCUT2D eigenvalue weighted by Gasteiger charge is -2.38. The van der Waals surface area contributed by atoms with E-state index >= 15 is 0 Å². The number of para-hydroxylation sites is 1. The number of carbonyl (C=O) groups is 2. The summed E-state index contributed by atoms with van der Waals surface area (Å²) >= 11 is 1.78. The van der Waals surface area contributed by atoms with Crippen molar-refractivity contribution in [3.05, 3.63) is 60.2 Å². The van der Waals surface area contributed by atoms with E-state index in [1.807, 2.05) is 60.0 Å². The van der Waals surface area contributed by atoms with Crippen molar-refractivity contribution in [2.45, 2.75) is 24.8 Å². The zero-order chi connectivity index (χ0) is 19.9. The van der Waals surface area contributed by atoms with Gasteiger partial charge in [0.15, 0.2) is 0 Å². The fourth-order valence-corrected chi connectivity index (χ4v) is 4.59. The fraction of sp³-hybridized carbons (Fsp3) is 0.364. The zero-order valence-electron chi connectivity index (χ0n) is 16.4. The number of nitrogens with one attached hydrogen (secondary N) is 1. The molecule has 1 aliphatic heterocycles. The summed E-state index contributed by atoms with van der Waals surface area (Å²) in [4.78, 5) is 30.3. The van der Waals surface area contributed by atoms with Crippen molar-refractivity contribution < 1.29 is 9.59 Å². The molecule has 3 rings (SSSR count). The van der Waals surface area contributed by atoms with Crippen molar-refractivity contribution in [2.75, 3.05) is 36.8 Å². The summed E-state index contributed by atoms with van der Waals surface area (Å²) in [5, 5.41) is 2.80. The van der Waals surface area contributed by atoms with Gasteiger partial charge in [0, 0.05) is 17.2 Å². The van der Waals surface area contributed by atoms with Gasteiger partial charge in [0.05, 0.1) is 24.8 Å². The van der Waals surface area contributed by atoms with Crippen LogP contribution in [-0.2, 0) is 9.59 Å². The number of likely N-dealkylation sites (N-methyl/N-ethyl adjacent to an activating group) is 2. The molecule has 148 valence electrons. The first-order chi connectivity index (χ1) is 13.6. The van der Waals surface area contributed by atoms with Gasteiger partial charge in [0.1, 0.15) is 0 Å². The van der Waals surface area contributed by atoms with Crippen LogP contribution in [0, 0.1) is 0 Å². The fourth-order valence-electron chi connectivity index (χ4n) is 3.42. The molecule has 0 saturated heterocycles. The predicted octanol–water partition coefficient (Wildman–Crippen LogP) is 3.32. The van der Waals surface area contributed by atoms with Crippen LogP contribution in [0.2, 0.25) is 0 Å². The van der Waals surface area contributed by atoms with Gasteiger partial charge in [-0.25, -0.2) is 0 Å². The third-order valence-electron chi connectivity index (χ3n) is 4.83. The quantitative estimate of drug-likeness (QED) is 0.779. The Morgan fingerprint density at radius 2 is 1.79 bits per heavy atom. The van der Waals surface area contributed by atoms with E-state index in [1.54, 1.807) is 11.8 Å². The van der Waals surface area contributed by atoms with Gasteiger partial charge in [-0.3, -0.25) is 14.5 Å². The molecular formula is C22H27N3O2S. The van der Waals surface area contributed by atoms with E-state index in [1.165, 1.54) is 0 Å². The standard InChI is InChI=1S/C22H27N3O2S/c1-3-23-21(26)14-24(4-2)15-22(27)25-18-12-8-9-13-20(18)28-16-19(25)17-10-6-5-7-11-17/h5-13,19H,3-4,14-16H2,1-2H3,(H,23,26)/t19-/m0/s1. The SMILES string of the molecule is CCNC(=O)CN(CC)CC(=O)N1c2ccccc2SC[C@H]1c1ccccc1. The highest BCUT2D eigenvalue weighted by molar-refractivity contribution is 7.99. The first-order valence-corrected chi connectivity index (χ1v) is 10.7. The third kappa shape index (κ3) is 4.75. The summed E-state index contributed by atoms with van der Waals surface area (Å²) in [5.41, 5.74) is 2.08. The number of amides is 2. The van der Waals surface area contributed by atoms with Gasteiger partial charge in [0.25, 0.3) is 0 Å². The Bertz CT molecular complexity index is 812. The first-order valence-electron chi connectivity index (χ1n) is 9.71.